The van der Waals surface area contributed by atoms with Crippen molar-refractivity contribution in [2.24, 2.45) is 0 Å². The lowest BCUT2D eigenvalue weighted by molar-refractivity contribution is 0.582. The number of halogens is 4. The molecule has 4 aromatic carbocycles. The van der Waals surface area contributed by atoms with Crippen LogP contribution in [0.1, 0.15) is 49.3 Å². The van der Waals surface area contributed by atoms with Crippen LogP contribution in [-0.2, 0) is 19.3 Å². The molecule has 0 aliphatic heterocycles. The van der Waals surface area contributed by atoms with E-state index >= 15 is 4.39 Å². The second-order valence-corrected chi connectivity index (χ2v) is 9.28. The molecule has 0 aliphatic rings. The summed E-state index contributed by atoms with van der Waals surface area (Å²) in [5, 5.41) is 1.74. The van der Waals surface area contributed by atoms with Crippen LogP contribution in [0.3, 0.4) is 0 Å². The molecule has 4 rings (SSSR count). The van der Waals surface area contributed by atoms with Gasteiger partial charge in [0.2, 0.25) is 0 Å². The molecule has 0 amide bonds. The first-order valence-corrected chi connectivity index (χ1v) is 12.3. The van der Waals surface area contributed by atoms with Gasteiger partial charge in [0.05, 0.1) is 5.56 Å². The zero-order valence-electron chi connectivity index (χ0n) is 19.3. The van der Waals surface area contributed by atoms with Crippen molar-refractivity contribution in [3.8, 4) is 11.1 Å². The summed E-state index contributed by atoms with van der Waals surface area (Å²) in [5.41, 5.74) is 2.71. The predicted octanol–water partition coefficient (Wildman–Crippen LogP) is 9.49. The number of rotatable bonds is 9. The molecule has 0 nitrogen and oxygen atoms in total. The quantitative estimate of drug-likeness (QED) is 0.209. The Balaban J connectivity index is 1.55. The Labute approximate surface area is 204 Å². The molecule has 0 fully saturated rings. The number of hydrogen-bond acceptors (Lipinski definition) is 0. The van der Waals surface area contributed by atoms with Crippen LogP contribution < -0.4 is 0 Å². The summed E-state index contributed by atoms with van der Waals surface area (Å²) < 4.78 is 44.9. The van der Waals surface area contributed by atoms with Gasteiger partial charge in [0.15, 0.2) is 0 Å². The number of hydrogen-bond donors (Lipinski definition) is 0. The largest absolute Gasteiger partial charge is 0.206 e. The van der Waals surface area contributed by atoms with Crippen LogP contribution in [0.15, 0.2) is 66.7 Å². The molecule has 0 spiro atoms. The molecule has 0 heterocycles. The number of fused-ring (bicyclic) bond motifs is 1. The van der Waals surface area contributed by atoms with E-state index in [9.17, 15) is 8.78 Å². The van der Waals surface area contributed by atoms with Gasteiger partial charge in [-0.3, -0.25) is 0 Å². The first-order chi connectivity index (χ1) is 16.5. The van der Waals surface area contributed by atoms with Gasteiger partial charge in [0, 0.05) is 10.4 Å². The molecule has 34 heavy (non-hydrogen) atoms. The first-order valence-electron chi connectivity index (χ1n) is 11.9. The van der Waals surface area contributed by atoms with Crippen molar-refractivity contribution in [3.05, 3.63) is 106 Å². The first kappa shape index (κ1) is 24.3. The van der Waals surface area contributed by atoms with E-state index in [-0.39, 0.29) is 11.4 Å². The topological polar surface area (TPSA) is 0 Å². The minimum atomic E-state index is -0.579. The maximum Gasteiger partial charge on any atom is 0.134 e. The summed E-state index contributed by atoms with van der Waals surface area (Å²) in [5.74, 6) is -1.45. The van der Waals surface area contributed by atoms with E-state index in [1.807, 2.05) is 30.3 Å². The lowest BCUT2D eigenvalue weighted by atomic mass is 9.95. The van der Waals surface area contributed by atoms with Crippen molar-refractivity contribution in [2.45, 2.75) is 51.9 Å². The molecule has 0 aliphatic carbocycles. The van der Waals surface area contributed by atoms with Crippen LogP contribution in [0, 0.1) is 17.5 Å². The Morgan fingerprint density at radius 3 is 2.12 bits per heavy atom. The second-order valence-electron chi connectivity index (χ2n) is 8.85. The molecule has 0 bridgehead atoms. The van der Waals surface area contributed by atoms with Gasteiger partial charge in [-0.1, -0.05) is 74.2 Å². The van der Waals surface area contributed by atoms with Crippen LogP contribution >= 0.6 is 11.6 Å². The molecule has 0 radical (unpaired) electrons. The number of aryl methyl sites for hydroxylation is 3. The summed E-state index contributed by atoms with van der Waals surface area (Å²) in [6.07, 6.45) is 6.12. The van der Waals surface area contributed by atoms with Crippen molar-refractivity contribution < 1.29 is 13.2 Å². The summed E-state index contributed by atoms with van der Waals surface area (Å²) in [6, 6.07) is 18.8. The van der Waals surface area contributed by atoms with E-state index in [2.05, 4.69) is 6.92 Å². The minimum Gasteiger partial charge on any atom is -0.206 e. The third-order valence-corrected chi connectivity index (χ3v) is 6.59. The molecule has 0 saturated heterocycles. The molecule has 4 aromatic rings. The van der Waals surface area contributed by atoms with Crippen LogP contribution in [-0.4, -0.2) is 0 Å². The van der Waals surface area contributed by atoms with Gasteiger partial charge in [-0.25, -0.2) is 13.2 Å². The highest BCUT2D eigenvalue weighted by molar-refractivity contribution is 6.30. The molecule has 176 valence electrons. The Kier molecular flexibility index (Phi) is 7.95. The summed E-state index contributed by atoms with van der Waals surface area (Å²) in [4.78, 5) is 0. The fourth-order valence-electron chi connectivity index (χ4n) is 4.42. The zero-order chi connectivity index (χ0) is 24.1. The second kappa shape index (κ2) is 11.1. The summed E-state index contributed by atoms with van der Waals surface area (Å²) >= 11 is 5.93. The van der Waals surface area contributed by atoms with Crippen molar-refractivity contribution >= 4 is 22.4 Å². The third kappa shape index (κ3) is 5.64. The maximum absolute atomic E-state index is 15.2. The summed E-state index contributed by atoms with van der Waals surface area (Å²) in [6.45, 7) is 2.13. The highest BCUT2D eigenvalue weighted by Crippen LogP contribution is 2.32. The van der Waals surface area contributed by atoms with Gasteiger partial charge in [0.25, 0.3) is 0 Å². The predicted molar refractivity (Wildman–Crippen MR) is 136 cm³/mol. The number of benzene rings is 4. The fraction of sp³-hybridized carbons (Fsp3) is 0.267. The monoisotopic (exact) mass is 480 g/mol. The SMILES string of the molecule is CCCCCCc1cc(F)c(-c2ccc3c(F)c(CCc4ccc(Cl)cc4)ccc3c2)c(F)c1. The molecule has 0 unspecified atom stereocenters. The molecule has 0 aromatic heterocycles. The maximum atomic E-state index is 15.2. The van der Waals surface area contributed by atoms with Gasteiger partial charge in [-0.05, 0) is 83.7 Å². The Morgan fingerprint density at radius 1 is 0.676 bits per heavy atom. The molecule has 4 heteroatoms. The van der Waals surface area contributed by atoms with Gasteiger partial charge in [0.1, 0.15) is 17.5 Å². The lowest BCUT2D eigenvalue weighted by Crippen LogP contribution is -1.97. The zero-order valence-corrected chi connectivity index (χ0v) is 20.1. The van der Waals surface area contributed by atoms with Crippen LogP contribution in [0.2, 0.25) is 5.02 Å². The normalized spacial score (nSPS) is 11.3. The average molecular weight is 481 g/mol. The third-order valence-electron chi connectivity index (χ3n) is 6.34. The van der Waals surface area contributed by atoms with Gasteiger partial charge in [-0.2, -0.15) is 0 Å². The Hall–Kier alpha value is -2.78. The van der Waals surface area contributed by atoms with Crippen molar-refractivity contribution in [1.82, 2.24) is 0 Å². The van der Waals surface area contributed by atoms with Gasteiger partial charge < -0.3 is 0 Å². The van der Waals surface area contributed by atoms with E-state index in [0.29, 0.717) is 51.7 Å². The smallest absolute Gasteiger partial charge is 0.134 e. The van der Waals surface area contributed by atoms with E-state index in [0.717, 1.165) is 31.2 Å². The molecule has 0 atom stereocenters. The molecule has 0 N–H and O–H groups in total. The van der Waals surface area contributed by atoms with Crippen molar-refractivity contribution in [1.29, 1.82) is 0 Å². The highest BCUT2D eigenvalue weighted by atomic mass is 35.5. The van der Waals surface area contributed by atoms with Gasteiger partial charge in [-0.15, -0.1) is 0 Å². The standard InChI is InChI=1S/C30H28ClF3/c1-2-3-4-5-6-21-17-27(32)29(28(33)18-21)24-13-16-26-23(19-24)12-11-22(30(26)34)10-7-20-8-14-25(31)15-9-20/h8-9,11-19H,2-7,10H2,1H3. The Morgan fingerprint density at radius 2 is 1.41 bits per heavy atom. The molecular weight excluding hydrogens is 453 g/mol. The van der Waals surface area contributed by atoms with Gasteiger partial charge >= 0.3 is 0 Å². The Bertz CT molecular complexity index is 1260. The molecular formula is C30H28ClF3. The number of unbranched alkanes of at least 4 members (excludes halogenated alkanes) is 3. The van der Waals surface area contributed by atoms with E-state index in [1.54, 1.807) is 24.3 Å². The van der Waals surface area contributed by atoms with E-state index in [1.165, 1.54) is 12.1 Å². The van der Waals surface area contributed by atoms with Crippen LogP contribution in [0.25, 0.3) is 21.9 Å². The fourth-order valence-corrected chi connectivity index (χ4v) is 4.54. The summed E-state index contributed by atoms with van der Waals surface area (Å²) in [7, 11) is 0. The van der Waals surface area contributed by atoms with Crippen LogP contribution in [0.4, 0.5) is 13.2 Å². The molecule has 0 saturated carbocycles. The average Bonchev–Trinajstić information content (AvgIpc) is 2.82. The van der Waals surface area contributed by atoms with Crippen molar-refractivity contribution in [2.75, 3.05) is 0 Å². The van der Waals surface area contributed by atoms with Crippen molar-refractivity contribution in [3.63, 3.8) is 0 Å². The van der Waals surface area contributed by atoms with Crippen LogP contribution in [0.5, 0.6) is 0 Å². The van der Waals surface area contributed by atoms with E-state index in [4.69, 9.17) is 11.6 Å². The lowest BCUT2D eigenvalue weighted by Gasteiger charge is -2.11. The highest BCUT2D eigenvalue weighted by Gasteiger charge is 2.15. The minimum absolute atomic E-state index is 0.0635. The van der Waals surface area contributed by atoms with E-state index < -0.39 is 11.6 Å².